The van der Waals surface area contributed by atoms with E-state index in [0.29, 0.717) is 5.69 Å². The Hall–Kier alpha value is -1.64. The first-order chi connectivity index (χ1) is 6.26. The van der Waals surface area contributed by atoms with Crippen molar-refractivity contribution in [3.8, 4) is 0 Å². The van der Waals surface area contributed by atoms with Crippen LogP contribution in [-0.4, -0.2) is 12.2 Å². The van der Waals surface area contributed by atoms with Gasteiger partial charge in [-0.15, -0.1) is 0 Å². The summed E-state index contributed by atoms with van der Waals surface area (Å²) in [5.74, 6) is -0.621. The second kappa shape index (κ2) is 4.40. The largest absolute Gasteiger partial charge is 0.320 e. The highest BCUT2D eigenvalue weighted by atomic mass is 16.2. The van der Waals surface area contributed by atoms with Crippen molar-refractivity contribution in [2.75, 3.05) is 5.32 Å². The average molecular weight is 177 g/mol. The normalized spacial score (nSPS) is 9.31. The molecule has 0 saturated heterocycles. The van der Waals surface area contributed by atoms with Crippen LogP contribution in [0.3, 0.4) is 0 Å². The molecule has 13 heavy (non-hydrogen) atoms. The van der Waals surface area contributed by atoms with E-state index >= 15 is 0 Å². The van der Waals surface area contributed by atoms with Crippen LogP contribution in [0, 0.1) is 0 Å². The van der Waals surface area contributed by atoms with Gasteiger partial charge in [-0.3, -0.25) is 9.59 Å². The number of aryl methyl sites for hydroxylation is 1. The van der Waals surface area contributed by atoms with E-state index < -0.39 is 5.91 Å². The monoisotopic (exact) mass is 177 g/mol. The van der Waals surface area contributed by atoms with Crippen LogP contribution < -0.4 is 5.32 Å². The third-order valence-corrected chi connectivity index (χ3v) is 1.74. The summed E-state index contributed by atoms with van der Waals surface area (Å²) in [7, 11) is 0. The highest BCUT2D eigenvalue weighted by Gasteiger charge is 1.98. The van der Waals surface area contributed by atoms with Gasteiger partial charge in [-0.1, -0.05) is 19.1 Å². The molecule has 0 aliphatic carbocycles. The minimum absolute atomic E-state index is 0.258. The Bertz CT molecular complexity index is 303. The fraction of sp³-hybridized carbons (Fsp3) is 0.200. The molecule has 0 atom stereocenters. The van der Waals surface area contributed by atoms with E-state index in [4.69, 9.17) is 0 Å². The van der Waals surface area contributed by atoms with E-state index in [1.54, 1.807) is 12.1 Å². The lowest BCUT2D eigenvalue weighted by molar-refractivity contribution is -0.127. The molecule has 0 aliphatic rings. The quantitative estimate of drug-likeness (QED) is 0.560. The summed E-state index contributed by atoms with van der Waals surface area (Å²) in [6, 6.07) is 7.39. The molecule has 1 amide bonds. The molecule has 1 N–H and O–H groups in total. The van der Waals surface area contributed by atoms with Gasteiger partial charge in [0.25, 0.3) is 5.91 Å². The van der Waals surface area contributed by atoms with Crippen molar-refractivity contribution in [3.63, 3.8) is 0 Å². The van der Waals surface area contributed by atoms with Crippen LogP contribution in [-0.2, 0) is 16.0 Å². The molecule has 0 radical (unpaired) electrons. The SMILES string of the molecule is CCc1ccc(NC(=O)C=O)cc1. The molecule has 0 unspecified atom stereocenters. The molecule has 0 fully saturated rings. The predicted octanol–water partition coefficient (Wildman–Crippen LogP) is 1.39. The summed E-state index contributed by atoms with van der Waals surface area (Å²) in [5.41, 5.74) is 1.85. The highest BCUT2D eigenvalue weighted by molar-refractivity contribution is 6.29. The van der Waals surface area contributed by atoms with E-state index in [1.165, 1.54) is 5.56 Å². The van der Waals surface area contributed by atoms with Gasteiger partial charge in [-0.2, -0.15) is 0 Å². The second-order valence-electron chi connectivity index (χ2n) is 2.66. The molecule has 1 aromatic carbocycles. The Morgan fingerprint density at radius 1 is 1.38 bits per heavy atom. The predicted molar refractivity (Wildman–Crippen MR) is 50.5 cm³/mol. The summed E-state index contributed by atoms with van der Waals surface area (Å²) in [6.07, 6.45) is 1.22. The van der Waals surface area contributed by atoms with Gasteiger partial charge < -0.3 is 5.32 Å². The molecule has 0 saturated carbocycles. The van der Waals surface area contributed by atoms with Gasteiger partial charge >= 0.3 is 0 Å². The first kappa shape index (κ1) is 9.45. The molecule has 0 aliphatic heterocycles. The molecule has 0 heterocycles. The van der Waals surface area contributed by atoms with Gasteiger partial charge in [0.05, 0.1) is 0 Å². The minimum atomic E-state index is -0.621. The molecule has 0 bridgehead atoms. The third-order valence-electron chi connectivity index (χ3n) is 1.74. The summed E-state index contributed by atoms with van der Waals surface area (Å²) in [6.45, 7) is 2.05. The van der Waals surface area contributed by atoms with Crippen molar-refractivity contribution >= 4 is 17.9 Å². The number of amides is 1. The van der Waals surface area contributed by atoms with Gasteiger partial charge in [-0.05, 0) is 24.1 Å². The van der Waals surface area contributed by atoms with Gasteiger partial charge in [-0.25, -0.2) is 0 Å². The lowest BCUT2D eigenvalue weighted by Gasteiger charge is -2.01. The third kappa shape index (κ3) is 2.71. The number of aldehydes is 1. The zero-order valence-electron chi connectivity index (χ0n) is 7.41. The lowest BCUT2D eigenvalue weighted by atomic mass is 10.1. The van der Waals surface area contributed by atoms with Crippen molar-refractivity contribution in [3.05, 3.63) is 29.8 Å². The second-order valence-corrected chi connectivity index (χ2v) is 2.66. The summed E-state index contributed by atoms with van der Waals surface area (Å²) < 4.78 is 0. The van der Waals surface area contributed by atoms with Crippen LogP contribution in [0.25, 0.3) is 0 Å². The van der Waals surface area contributed by atoms with Crippen molar-refractivity contribution in [1.29, 1.82) is 0 Å². The van der Waals surface area contributed by atoms with Crippen LogP contribution in [0.4, 0.5) is 5.69 Å². The minimum Gasteiger partial charge on any atom is -0.320 e. The molecule has 1 aromatic rings. The molecule has 68 valence electrons. The van der Waals surface area contributed by atoms with E-state index in [0.717, 1.165) is 6.42 Å². The zero-order chi connectivity index (χ0) is 9.68. The average Bonchev–Trinajstić information content (AvgIpc) is 2.19. The van der Waals surface area contributed by atoms with Crippen LogP contribution in [0.1, 0.15) is 12.5 Å². The van der Waals surface area contributed by atoms with Crippen molar-refractivity contribution in [2.24, 2.45) is 0 Å². The van der Waals surface area contributed by atoms with Crippen molar-refractivity contribution in [2.45, 2.75) is 13.3 Å². The first-order valence-corrected chi connectivity index (χ1v) is 4.11. The molecular formula is C10H11NO2. The topological polar surface area (TPSA) is 46.2 Å². The molecular weight excluding hydrogens is 166 g/mol. The Morgan fingerprint density at radius 2 is 2.00 bits per heavy atom. The number of nitrogens with one attached hydrogen (secondary N) is 1. The summed E-state index contributed by atoms with van der Waals surface area (Å²) in [4.78, 5) is 20.7. The van der Waals surface area contributed by atoms with Crippen LogP contribution in [0.5, 0.6) is 0 Å². The molecule has 3 nitrogen and oxygen atoms in total. The summed E-state index contributed by atoms with van der Waals surface area (Å²) >= 11 is 0. The van der Waals surface area contributed by atoms with Crippen LogP contribution >= 0.6 is 0 Å². The van der Waals surface area contributed by atoms with Crippen LogP contribution in [0.15, 0.2) is 24.3 Å². The van der Waals surface area contributed by atoms with E-state index in [1.807, 2.05) is 12.1 Å². The lowest BCUT2D eigenvalue weighted by Crippen LogP contribution is -2.11. The van der Waals surface area contributed by atoms with E-state index in [9.17, 15) is 9.59 Å². The standard InChI is InChI=1S/C10H11NO2/c1-2-8-3-5-9(6-4-8)11-10(13)7-12/h3-7H,2H2,1H3,(H,11,13). The van der Waals surface area contributed by atoms with Gasteiger partial charge in [0.2, 0.25) is 6.29 Å². The molecule has 3 heteroatoms. The Balaban J connectivity index is 2.69. The molecule has 1 rings (SSSR count). The van der Waals surface area contributed by atoms with E-state index in [2.05, 4.69) is 12.2 Å². The fourth-order valence-corrected chi connectivity index (χ4v) is 0.996. The number of hydrogen-bond acceptors (Lipinski definition) is 2. The Morgan fingerprint density at radius 3 is 2.46 bits per heavy atom. The maximum Gasteiger partial charge on any atom is 0.288 e. The smallest absolute Gasteiger partial charge is 0.288 e. The maximum atomic E-state index is 10.7. The van der Waals surface area contributed by atoms with Gasteiger partial charge in [0.15, 0.2) is 0 Å². The molecule has 0 spiro atoms. The highest BCUT2D eigenvalue weighted by Crippen LogP contribution is 2.09. The Labute approximate surface area is 76.8 Å². The number of anilines is 1. The summed E-state index contributed by atoms with van der Waals surface area (Å²) in [5, 5.41) is 2.44. The number of carbonyl (C=O) groups excluding carboxylic acids is 2. The number of carbonyl (C=O) groups is 2. The number of hydrogen-bond donors (Lipinski definition) is 1. The van der Waals surface area contributed by atoms with E-state index in [-0.39, 0.29) is 6.29 Å². The molecule has 0 aromatic heterocycles. The number of benzene rings is 1. The zero-order valence-corrected chi connectivity index (χ0v) is 7.41. The van der Waals surface area contributed by atoms with Crippen molar-refractivity contribution < 1.29 is 9.59 Å². The fourth-order valence-electron chi connectivity index (χ4n) is 0.996. The maximum absolute atomic E-state index is 10.7. The van der Waals surface area contributed by atoms with Crippen LogP contribution in [0.2, 0.25) is 0 Å². The first-order valence-electron chi connectivity index (χ1n) is 4.11. The number of rotatable bonds is 3. The van der Waals surface area contributed by atoms with Gasteiger partial charge in [0.1, 0.15) is 0 Å². The Kier molecular flexibility index (Phi) is 3.20. The van der Waals surface area contributed by atoms with Gasteiger partial charge in [0, 0.05) is 5.69 Å². The van der Waals surface area contributed by atoms with Crippen molar-refractivity contribution in [1.82, 2.24) is 0 Å².